The first-order valence-corrected chi connectivity index (χ1v) is 7.10. The van der Waals surface area contributed by atoms with E-state index >= 15 is 0 Å². The Labute approximate surface area is 105 Å². The van der Waals surface area contributed by atoms with Crippen molar-refractivity contribution in [2.24, 2.45) is 0 Å². The largest absolute Gasteiger partial charge is 0.382 e. The van der Waals surface area contributed by atoms with Gasteiger partial charge in [0.15, 0.2) is 0 Å². The summed E-state index contributed by atoms with van der Waals surface area (Å²) in [5.41, 5.74) is 4.24. The predicted molar refractivity (Wildman–Crippen MR) is 73.8 cm³/mol. The Bertz CT molecular complexity index is 486. The van der Waals surface area contributed by atoms with Gasteiger partial charge in [-0.15, -0.1) is 11.3 Å². The van der Waals surface area contributed by atoms with Crippen LogP contribution in [0.1, 0.15) is 19.3 Å². The SMILES string of the molecule is c1nc2ccc(NC3CCCNCC3)cc2s1. The summed E-state index contributed by atoms with van der Waals surface area (Å²) >= 11 is 1.70. The molecule has 2 heterocycles. The van der Waals surface area contributed by atoms with Gasteiger partial charge in [0, 0.05) is 11.7 Å². The molecule has 1 fully saturated rings. The molecule has 4 heteroatoms. The molecule has 1 atom stereocenters. The van der Waals surface area contributed by atoms with Crippen LogP contribution >= 0.6 is 11.3 Å². The molecule has 0 bridgehead atoms. The maximum atomic E-state index is 4.30. The first kappa shape index (κ1) is 11.0. The molecule has 0 spiro atoms. The zero-order valence-corrected chi connectivity index (χ0v) is 10.6. The molecule has 0 aliphatic carbocycles. The third-order valence-corrected chi connectivity index (χ3v) is 4.07. The molecule has 17 heavy (non-hydrogen) atoms. The van der Waals surface area contributed by atoms with Crippen LogP contribution in [-0.2, 0) is 0 Å². The van der Waals surface area contributed by atoms with Crippen molar-refractivity contribution in [3.05, 3.63) is 23.7 Å². The van der Waals surface area contributed by atoms with Gasteiger partial charge in [0.2, 0.25) is 0 Å². The topological polar surface area (TPSA) is 37.0 Å². The van der Waals surface area contributed by atoms with Gasteiger partial charge < -0.3 is 10.6 Å². The highest BCUT2D eigenvalue weighted by atomic mass is 32.1. The van der Waals surface area contributed by atoms with E-state index in [1.54, 1.807) is 11.3 Å². The van der Waals surface area contributed by atoms with Crippen molar-refractivity contribution in [3.8, 4) is 0 Å². The van der Waals surface area contributed by atoms with Crippen LogP contribution in [0, 0.1) is 0 Å². The van der Waals surface area contributed by atoms with E-state index in [0.717, 1.165) is 18.6 Å². The van der Waals surface area contributed by atoms with Crippen LogP contribution < -0.4 is 10.6 Å². The molecule has 0 radical (unpaired) electrons. The Kier molecular flexibility index (Phi) is 3.25. The molecule has 0 saturated carbocycles. The van der Waals surface area contributed by atoms with Crippen LogP contribution in [0.15, 0.2) is 23.7 Å². The third kappa shape index (κ3) is 2.58. The molecule has 2 aromatic rings. The van der Waals surface area contributed by atoms with Crippen molar-refractivity contribution in [1.29, 1.82) is 0 Å². The minimum absolute atomic E-state index is 0.607. The molecule has 3 rings (SSSR count). The number of thiazole rings is 1. The third-order valence-electron chi connectivity index (χ3n) is 3.28. The van der Waals surface area contributed by atoms with E-state index < -0.39 is 0 Å². The standard InChI is InChI=1S/C13H17N3S/c1-2-10(5-7-14-6-1)16-11-3-4-12-13(8-11)17-9-15-12/h3-4,8-10,14,16H,1-2,5-7H2. The summed E-state index contributed by atoms with van der Waals surface area (Å²) in [7, 11) is 0. The average Bonchev–Trinajstić information content (AvgIpc) is 2.65. The number of rotatable bonds is 2. The van der Waals surface area contributed by atoms with E-state index in [-0.39, 0.29) is 0 Å². The van der Waals surface area contributed by atoms with E-state index in [2.05, 4.69) is 33.8 Å². The molecule has 1 aromatic heterocycles. The first-order valence-electron chi connectivity index (χ1n) is 6.22. The van der Waals surface area contributed by atoms with Crippen molar-refractivity contribution in [1.82, 2.24) is 10.3 Å². The van der Waals surface area contributed by atoms with Crippen LogP contribution in [0.3, 0.4) is 0 Å². The Morgan fingerprint density at radius 2 is 2.29 bits per heavy atom. The van der Waals surface area contributed by atoms with Gasteiger partial charge in [-0.3, -0.25) is 0 Å². The van der Waals surface area contributed by atoms with Gasteiger partial charge >= 0.3 is 0 Å². The van der Waals surface area contributed by atoms with Crippen molar-refractivity contribution >= 4 is 27.2 Å². The lowest BCUT2D eigenvalue weighted by Crippen LogP contribution is -2.21. The first-order chi connectivity index (χ1) is 8.42. The van der Waals surface area contributed by atoms with Crippen LogP contribution in [0.5, 0.6) is 0 Å². The van der Waals surface area contributed by atoms with Gasteiger partial charge in [-0.2, -0.15) is 0 Å². The molecule has 1 unspecified atom stereocenters. The second-order valence-electron chi connectivity index (χ2n) is 4.56. The summed E-state index contributed by atoms with van der Waals surface area (Å²) in [6, 6.07) is 7.06. The molecule has 1 aliphatic rings. The fourth-order valence-electron chi connectivity index (χ4n) is 2.34. The van der Waals surface area contributed by atoms with Gasteiger partial charge in [0.1, 0.15) is 0 Å². The van der Waals surface area contributed by atoms with E-state index in [1.165, 1.54) is 29.6 Å². The Hall–Kier alpha value is -1.13. The van der Waals surface area contributed by atoms with E-state index in [0.29, 0.717) is 6.04 Å². The summed E-state index contributed by atoms with van der Waals surface area (Å²) in [4.78, 5) is 4.30. The minimum atomic E-state index is 0.607. The molecule has 90 valence electrons. The number of benzene rings is 1. The number of anilines is 1. The lowest BCUT2D eigenvalue weighted by molar-refractivity contribution is 0.638. The predicted octanol–water partition coefficient (Wildman–Crippen LogP) is 2.85. The highest BCUT2D eigenvalue weighted by Gasteiger charge is 2.11. The van der Waals surface area contributed by atoms with Gasteiger partial charge in [-0.25, -0.2) is 4.98 Å². The molecular weight excluding hydrogens is 230 g/mol. The zero-order valence-electron chi connectivity index (χ0n) is 9.78. The second-order valence-corrected chi connectivity index (χ2v) is 5.44. The number of hydrogen-bond acceptors (Lipinski definition) is 4. The van der Waals surface area contributed by atoms with Gasteiger partial charge in [0.25, 0.3) is 0 Å². The quantitative estimate of drug-likeness (QED) is 0.857. The molecule has 1 aliphatic heterocycles. The monoisotopic (exact) mass is 247 g/mol. The summed E-state index contributed by atoms with van der Waals surface area (Å²) in [6.07, 6.45) is 3.73. The van der Waals surface area contributed by atoms with Gasteiger partial charge in [-0.05, 0) is 50.6 Å². The van der Waals surface area contributed by atoms with Crippen molar-refractivity contribution < 1.29 is 0 Å². The molecule has 0 amide bonds. The summed E-state index contributed by atoms with van der Waals surface area (Å²) < 4.78 is 1.27. The van der Waals surface area contributed by atoms with Crippen molar-refractivity contribution in [2.75, 3.05) is 18.4 Å². The van der Waals surface area contributed by atoms with Crippen molar-refractivity contribution in [2.45, 2.75) is 25.3 Å². The van der Waals surface area contributed by atoms with E-state index in [9.17, 15) is 0 Å². The van der Waals surface area contributed by atoms with Crippen LogP contribution in [0.25, 0.3) is 10.2 Å². The minimum Gasteiger partial charge on any atom is -0.382 e. The average molecular weight is 247 g/mol. The number of aromatic nitrogens is 1. The van der Waals surface area contributed by atoms with E-state index in [1.807, 2.05) is 5.51 Å². The smallest absolute Gasteiger partial charge is 0.0813 e. The Morgan fingerprint density at radius 3 is 3.29 bits per heavy atom. The second kappa shape index (κ2) is 5.02. The van der Waals surface area contributed by atoms with Gasteiger partial charge in [0.05, 0.1) is 15.7 Å². The molecule has 1 saturated heterocycles. The summed E-state index contributed by atoms with van der Waals surface area (Å²) in [5.74, 6) is 0. The Balaban J connectivity index is 1.74. The summed E-state index contributed by atoms with van der Waals surface area (Å²) in [5, 5.41) is 7.08. The lowest BCUT2D eigenvalue weighted by Gasteiger charge is -2.17. The molecule has 1 aromatic carbocycles. The van der Waals surface area contributed by atoms with Gasteiger partial charge in [-0.1, -0.05) is 0 Å². The molecular formula is C13H17N3S. The fraction of sp³-hybridized carbons (Fsp3) is 0.462. The zero-order chi connectivity index (χ0) is 11.5. The molecule has 2 N–H and O–H groups in total. The highest BCUT2D eigenvalue weighted by molar-refractivity contribution is 7.16. The fourth-order valence-corrected chi connectivity index (χ4v) is 3.06. The number of hydrogen-bond donors (Lipinski definition) is 2. The molecule has 3 nitrogen and oxygen atoms in total. The van der Waals surface area contributed by atoms with E-state index in [4.69, 9.17) is 0 Å². The Morgan fingerprint density at radius 1 is 1.29 bits per heavy atom. The maximum Gasteiger partial charge on any atom is 0.0813 e. The normalized spacial score (nSPS) is 21.3. The number of fused-ring (bicyclic) bond motifs is 1. The summed E-state index contributed by atoms with van der Waals surface area (Å²) in [6.45, 7) is 2.28. The van der Waals surface area contributed by atoms with Crippen molar-refractivity contribution in [3.63, 3.8) is 0 Å². The van der Waals surface area contributed by atoms with Crippen LogP contribution in [0.2, 0.25) is 0 Å². The number of nitrogens with one attached hydrogen (secondary N) is 2. The highest BCUT2D eigenvalue weighted by Crippen LogP contribution is 2.23. The van der Waals surface area contributed by atoms with Crippen LogP contribution in [0.4, 0.5) is 5.69 Å². The maximum absolute atomic E-state index is 4.30. The lowest BCUT2D eigenvalue weighted by atomic mass is 10.1. The van der Waals surface area contributed by atoms with Crippen LogP contribution in [-0.4, -0.2) is 24.1 Å². The number of nitrogens with zero attached hydrogens (tertiary/aromatic N) is 1.